The van der Waals surface area contributed by atoms with Gasteiger partial charge in [0.25, 0.3) is 0 Å². The Bertz CT molecular complexity index is 614. The van der Waals surface area contributed by atoms with Gasteiger partial charge in [0.1, 0.15) is 5.75 Å². The van der Waals surface area contributed by atoms with Crippen LogP contribution in [-0.2, 0) is 17.2 Å². The predicted octanol–water partition coefficient (Wildman–Crippen LogP) is 3.39. The number of hydrogen-bond donors (Lipinski definition) is 1. The lowest BCUT2D eigenvalue weighted by Gasteiger charge is -2.07. The average molecular weight is 354 g/mol. The monoisotopic (exact) mass is 353 g/mol. The molecule has 0 bridgehead atoms. The number of nitrogen functional groups attached to an aromatic ring is 1. The third kappa shape index (κ3) is 3.84. The molecule has 0 aliphatic carbocycles. The number of nitrogens with two attached hydrogens (primary N) is 1. The van der Waals surface area contributed by atoms with E-state index in [0.29, 0.717) is 16.3 Å². The van der Waals surface area contributed by atoms with Crippen molar-refractivity contribution < 1.29 is 8.95 Å². The third-order valence-corrected chi connectivity index (χ3v) is 4.88. The van der Waals surface area contributed by atoms with Crippen LogP contribution in [0.3, 0.4) is 0 Å². The van der Waals surface area contributed by atoms with Crippen LogP contribution in [0.5, 0.6) is 5.75 Å². The first kappa shape index (κ1) is 15.1. The summed E-state index contributed by atoms with van der Waals surface area (Å²) in [6, 6.07) is 13.2. The predicted molar refractivity (Wildman–Crippen MR) is 86.5 cm³/mol. The van der Waals surface area contributed by atoms with Crippen molar-refractivity contribution in [3.8, 4) is 5.75 Å². The van der Waals surface area contributed by atoms with Crippen molar-refractivity contribution >= 4 is 32.4 Å². The van der Waals surface area contributed by atoms with Gasteiger partial charge in [0, 0.05) is 15.9 Å². The van der Waals surface area contributed by atoms with E-state index in [1.54, 1.807) is 13.2 Å². The van der Waals surface area contributed by atoms with E-state index in [1.165, 1.54) is 0 Å². The van der Waals surface area contributed by atoms with E-state index in [-0.39, 0.29) is 0 Å². The molecule has 1 unspecified atom stereocenters. The summed E-state index contributed by atoms with van der Waals surface area (Å²) < 4.78 is 18.3. The van der Waals surface area contributed by atoms with Gasteiger partial charge in [0.15, 0.2) is 0 Å². The zero-order valence-corrected chi connectivity index (χ0v) is 13.5. The molecule has 2 aromatic rings. The number of hydrogen-bond acceptors (Lipinski definition) is 3. The van der Waals surface area contributed by atoms with E-state index in [9.17, 15) is 4.21 Å². The molecular weight excluding hydrogens is 338 g/mol. The molecule has 0 saturated heterocycles. The first-order chi connectivity index (χ1) is 9.60. The maximum Gasteiger partial charge on any atom is 0.118 e. The standard InChI is InChI=1S/C15H16BrNO2S/c1-19-13-5-2-11(3-6-13)8-9-20(18)15-7-4-12(16)10-14(15)17/h2-7,10H,8-9,17H2,1H3. The Morgan fingerprint density at radius 1 is 1.20 bits per heavy atom. The Morgan fingerprint density at radius 2 is 1.90 bits per heavy atom. The SMILES string of the molecule is COc1ccc(CCS(=O)c2ccc(Br)cc2N)cc1. The van der Waals surface area contributed by atoms with Gasteiger partial charge in [0.2, 0.25) is 0 Å². The molecule has 106 valence electrons. The zero-order valence-electron chi connectivity index (χ0n) is 11.1. The van der Waals surface area contributed by atoms with Crippen LogP contribution in [0.15, 0.2) is 51.8 Å². The van der Waals surface area contributed by atoms with Crippen molar-refractivity contribution in [3.63, 3.8) is 0 Å². The highest BCUT2D eigenvalue weighted by molar-refractivity contribution is 9.10. The molecule has 2 aromatic carbocycles. The fourth-order valence-corrected chi connectivity index (χ4v) is 3.40. The Kier molecular flexibility index (Phi) is 5.20. The number of methoxy groups -OCH3 is 1. The van der Waals surface area contributed by atoms with E-state index in [1.807, 2.05) is 36.4 Å². The molecule has 0 saturated carbocycles. The molecule has 20 heavy (non-hydrogen) atoms. The zero-order chi connectivity index (χ0) is 14.5. The topological polar surface area (TPSA) is 52.3 Å². The van der Waals surface area contributed by atoms with Gasteiger partial charge in [-0.2, -0.15) is 0 Å². The second-order valence-electron chi connectivity index (χ2n) is 4.33. The Morgan fingerprint density at radius 3 is 2.50 bits per heavy atom. The van der Waals surface area contributed by atoms with Crippen molar-refractivity contribution in [2.45, 2.75) is 11.3 Å². The van der Waals surface area contributed by atoms with Crippen molar-refractivity contribution in [3.05, 3.63) is 52.5 Å². The number of aryl methyl sites for hydroxylation is 1. The van der Waals surface area contributed by atoms with Crippen LogP contribution in [0.2, 0.25) is 0 Å². The molecule has 0 aliphatic rings. The fourth-order valence-electron chi connectivity index (χ4n) is 1.84. The highest BCUT2D eigenvalue weighted by Gasteiger charge is 2.08. The Balaban J connectivity index is 2.00. The highest BCUT2D eigenvalue weighted by Crippen LogP contribution is 2.22. The first-order valence-corrected chi connectivity index (χ1v) is 8.27. The minimum atomic E-state index is -1.09. The van der Waals surface area contributed by atoms with Crippen LogP contribution in [0, 0.1) is 0 Å². The Labute approximate surface area is 129 Å². The summed E-state index contributed by atoms with van der Waals surface area (Å²) in [4.78, 5) is 0.696. The molecule has 0 spiro atoms. The van der Waals surface area contributed by atoms with Crippen molar-refractivity contribution in [2.24, 2.45) is 0 Å². The number of halogens is 1. The summed E-state index contributed by atoms with van der Waals surface area (Å²) in [6.45, 7) is 0. The maximum absolute atomic E-state index is 12.3. The van der Waals surface area contributed by atoms with E-state index in [2.05, 4.69) is 15.9 Å². The summed E-state index contributed by atoms with van der Waals surface area (Å²) in [5, 5.41) is 0. The average Bonchev–Trinajstić information content (AvgIpc) is 2.45. The van der Waals surface area contributed by atoms with Gasteiger partial charge in [-0.3, -0.25) is 4.21 Å². The second kappa shape index (κ2) is 6.90. The molecule has 0 aliphatic heterocycles. The van der Waals surface area contributed by atoms with Gasteiger partial charge < -0.3 is 10.5 Å². The molecular formula is C15H16BrNO2S. The molecule has 0 aromatic heterocycles. The molecule has 1 atom stereocenters. The van der Waals surface area contributed by atoms with Gasteiger partial charge in [-0.15, -0.1) is 0 Å². The van der Waals surface area contributed by atoms with Crippen LogP contribution in [0.25, 0.3) is 0 Å². The van der Waals surface area contributed by atoms with Crippen LogP contribution >= 0.6 is 15.9 Å². The fraction of sp³-hybridized carbons (Fsp3) is 0.200. The molecule has 5 heteroatoms. The van der Waals surface area contributed by atoms with Crippen molar-refractivity contribution in [1.29, 1.82) is 0 Å². The van der Waals surface area contributed by atoms with Gasteiger partial charge in [-0.05, 0) is 42.3 Å². The van der Waals surface area contributed by atoms with Gasteiger partial charge >= 0.3 is 0 Å². The summed E-state index contributed by atoms with van der Waals surface area (Å²) in [5.41, 5.74) is 7.59. The van der Waals surface area contributed by atoms with Crippen molar-refractivity contribution in [1.82, 2.24) is 0 Å². The van der Waals surface area contributed by atoms with E-state index in [4.69, 9.17) is 10.5 Å². The lowest BCUT2D eigenvalue weighted by atomic mass is 10.2. The lowest BCUT2D eigenvalue weighted by molar-refractivity contribution is 0.414. The molecule has 2 N–H and O–H groups in total. The summed E-state index contributed by atoms with van der Waals surface area (Å²) in [5.74, 6) is 1.38. The molecule has 0 radical (unpaired) electrons. The van der Waals surface area contributed by atoms with Crippen LogP contribution in [0.4, 0.5) is 5.69 Å². The lowest BCUT2D eigenvalue weighted by Crippen LogP contribution is -2.04. The van der Waals surface area contributed by atoms with Gasteiger partial charge in [-0.1, -0.05) is 28.1 Å². The molecule has 2 rings (SSSR count). The van der Waals surface area contributed by atoms with E-state index in [0.717, 1.165) is 22.2 Å². The quantitative estimate of drug-likeness (QED) is 0.838. The van der Waals surface area contributed by atoms with E-state index >= 15 is 0 Å². The summed E-state index contributed by atoms with van der Waals surface area (Å²) in [6.07, 6.45) is 0.742. The molecule has 0 heterocycles. The number of benzene rings is 2. The number of rotatable bonds is 5. The number of ether oxygens (including phenoxy) is 1. The van der Waals surface area contributed by atoms with Crippen molar-refractivity contribution in [2.75, 3.05) is 18.6 Å². The molecule has 0 amide bonds. The normalized spacial score (nSPS) is 12.1. The largest absolute Gasteiger partial charge is 0.497 e. The minimum absolute atomic E-state index is 0.554. The van der Waals surface area contributed by atoms with Crippen LogP contribution < -0.4 is 10.5 Å². The Hall–Kier alpha value is -1.33. The van der Waals surface area contributed by atoms with Crippen LogP contribution in [0.1, 0.15) is 5.56 Å². The maximum atomic E-state index is 12.3. The van der Waals surface area contributed by atoms with Gasteiger partial charge in [0.05, 0.1) is 22.8 Å². The first-order valence-electron chi connectivity index (χ1n) is 6.16. The minimum Gasteiger partial charge on any atom is -0.497 e. The van der Waals surface area contributed by atoms with E-state index < -0.39 is 10.8 Å². The van der Waals surface area contributed by atoms with Gasteiger partial charge in [-0.25, -0.2) is 0 Å². The second-order valence-corrected chi connectivity index (χ2v) is 6.78. The molecule has 3 nitrogen and oxygen atoms in total. The highest BCUT2D eigenvalue weighted by atomic mass is 79.9. The number of anilines is 1. The third-order valence-electron chi connectivity index (χ3n) is 2.95. The van der Waals surface area contributed by atoms with Crippen LogP contribution in [-0.4, -0.2) is 17.1 Å². The smallest absolute Gasteiger partial charge is 0.118 e. The molecule has 0 fully saturated rings. The summed E-state index contributed by atoms with van der Waals surface area (Å²) in [7, 11) is 0.551. The summed E-state index contributed by atoms with van der Waals surface area (Å²) >= 11 is 3.34.